The number of hydrogen-bond donors (Lipinski definition) is 0. The van der Waals surface area contributed by atoms with Crippen LogP contribution in [0.15, 0.2) is 16.7 Å². The first-order chi connectivity index (χ1) is 9.29. The highest BCUT2D eigenvalue weighted by Crippen LogP contribution is 2.34. The van der Waals surface area contributed by atoms with E-state index in [1.54, 1.807) is 13.3 Å². The Morgan fingerprint density at radius 1 is 1.47 bits per heavy atom. The van der Waals surface area contributed by atoms with Gasteiger partial charge in [-0.15, -0.1) is 10.2 Å². The lowest BCUT2D eigenvalue weighted by Gasteiger charge is -2.20. The van der Waals surface area contributed by atoms with Crippen molar-refractivity contribution in [2.24, 2.45) is 0 Å². The SMILES string of the molecule is CCn1nccc1-c1nnc(C2(OC)CCOC2)o1. The van der Waals surface area contributed by atoms with Crippen LogP contribution in [0, 0.1) is 0 Å². The Labute approximate surface area is 110 Å². The number of aryl methyl sites for hydroxylation is 1. The van der Waals surface area contributed by atoms with Crippen LogP contribution in [0.25, 0.3) is 11.6 Å². The van der Waals surface area contributed by atoms with Gasteiger partial charge in [-0.1, -0.05) is 0 Å². The number of nitrogens with zero attached hydrogens (tertiary/aromatic N) is 4. The van der Waals surface area contributed by atoms with Crippen LogP contribution in [0.1, 0.15) is 19.2 Å². The first-order valence-electron chi connectivity index (χ1n) is 6.28. The Morgan fingerprint density at radius 3 is 3.05 bits per heavy atom. The van der Waals surface area contributed by atoms with Gasteiger partial charge in [0.1, 0.15) is 5.69 Å². The van der Waals surface area contributed by atoms with Crippen molar-refractivity contribution in [3.63, 3.8) is 0 Å². The summed E-state index contributed by atoms with van der Waals surface area (Å²) in [5, 5.41) is 12.4. The molecule has 0 radical (unpaired) electrons. The Kier molecular flexibility index (Phi) is 3.08. The highest BCUT2D eigenvalue weighted by atomic mass is 16.6. The van der Waals surface area contributed by atoms with Crippen LogP contribution >= 0.6 is 0 Å². The van der Waals surface area contributed by atoms with Gasteiger partial charge in [-0.25, -0.2) is 0 Å². The van der Waals surface area contributed by atoms with Gasteiger partial charge in [0.25, 0.3) is 11.8 Å². The highest BCUT2D eigenvalue weighted by molar-refractivity contribution is 5.45. The Hall–Kier alpha value is -1.73. The fourth-order valence-corrected chi connectivity index (χ4v) is 2.24. The molecule has 3 rings (SSSR count). The zero-order valence-electron chi connectivity index (χ0n) is 11.0. The molecule has 3 heterocycles. The molecule has 0 amide bonds. The number of aromatic nitrogens is 4. The third kappa shape index (κ3) is 1.95. The van der Waals surface area contributed by atoms with Gasteiger partial charge < -0.3 is 13.9 Å². The van der Waals surface area contributed by atoms with Crippen LogP contribution in [-0.2, 0) is 21.6 Å². The van der Waals surface area contributed by atoms with Crippen LogP contribution in [-0.4, -0.2) is 40.3 Å². The number of hydrogen-bond acceptors (Lipinski definition) is 6. The zero-order valence-corrected chi connectivity index (χ0v) is 11.0. The van der Waals surface area contributed by atoms with E-state index < -0.39 is 5.60 Å². The molecule has 2 aromatic heterocycles. The molecule has 0 aliphatic carbocycles. The molecule has 1 atom stereocenters. The van der Waals surface area contributed by atoms with Crippen LogP contribution in [0.2, 0.25) is 0 Å². The molecular weight excluding hydrogens is 248 g/mol. The average molecular weight is 264 g/mol. The normalized spacial score (nSPS) is 23.1. The van der Waals surface area contributed by atoms with Crippen molar-refractivity contribution in [3.05, 3.63) is 18.2 Å². The van der Waals surface area contributed by atoms with Gasteiger partial charge >= 0.3 is 0 Å². The molecule has 102 valence electrons. The topological polar surface area (TPSA) is 75.2 Å². The maximum Gasteiger partial charge on any atom is 0.266 e. The molecule has 0 aromatic carbocycles. The van der Waals surface area contributed by atoms with Crippen LogP contribution in [0.4, 0.5) is 0 Å². The van der Waals surface area contributed by atoms with Crippen molar-refractivity contribution in [3.8, 4) is 11.6 Å². The van der Waals surface area contributed by atoms with Gasteiger partial charge in [-0.05, 0) is 13.0 Å². The predicted molar refractivity (Wildman–Crippen MR) is 65.3 cm³/mol. The predicted octanol–water partition coefficient (Wildman–Crippen LogP) is 1.21. The fourth-order valence-electron chi connectivity index (χ4n) is 2.24. The monoisotopic (exact) mass is 264 g/mol. The van der Waals surface area contributed by atoms with E-state index in [4.69, 9.17) is 13.9 Å². The highest BCUT2D eigenvalue weighted by Gasteiger charge is 2.42. The van der Waals surface area contributed by atoms with Gasteiger partial charge in [-0.2, -0.15) is 5.10 Å². The quantitative estimate of drug-likeness (QED) is 0.826. The second kappa shape index (κ2) is 4.75. The molecule has 1 unspecified atom stereocenters. The summed E-state index contributed by atoms with van der Waals surface area (Å²) in [4.78, 5) is 0. The molecule has 19 heavy (non-hydrogen) atoms. The standard InChI is InChI=1S/C12H16N4O3/c1-3-16-9(4-6-13-16)10-14-15-11(19-10)12(17-2)5-7-18-8-12/h4,6H,3,5,7-8H2,1-2H3. The van der Waals surface area contributed by atoms with E-state index in [1.165, 1.54) is 0 Å². The van der Waals surface area contributed by atoms with Crippen LogP contribution < -0.4 is 0 Å². The van der Waals surface area contributed by atoms with E-state index in [9.17, 15) is 0 Å². The molecule has 1 saturated heterocycles. The van der Waals surface area contributed by atoms with E-state index in [0.717, 1.165) is 18.7 Å². The summed E-state index contributed by atoms with van der Waals surface area (Å²) < 4.78 is 18.5. The van der Waals surface area contributed by atoms with Crippen molar-refractivity contribution in [2.45, 2.75) is 25.5 Å². The van der Waals surface area contributed by atoms with Crippen molar-refractivity contribution >= 4 is 0 Å². The van der Waals surface area contributed by atoms with Gasteiger partial charge in [0, 0.05) is 26.3 Å². The first kappa shape index (κ1) is 12.3. The summed E-state index contributed by atoms with van der Waals surface area (Å²) in [6, 6.07) is 1.85. The number of rotatable bonds is 4. The summed E-state index contributed by atoms with van der Waals surface area (Å²) in [5.41, 5.74) is 0.203. The summed E-state index contributed by atoms with van der Waals surface area (Å²) in [7, 11) is 1.63. The largest absolute Gasteiger partial charge is 0.416 e. The summed E-state index contributed by atoms with van der Waals surface area (Å²) >= 11 is 0. The van der Waals surface area contributed by atoms with Gasteiger partial charge in [0.2, 0.25) is 0 Å². The van der Waals surface area contributed by atoms with Gasteiger partial charge in [0.15, 0.2) is 5.60 Å². The maximum atomic E-state index is 5.76. The van der Waals surface area contributed by atoms with Gasteiger partial charge in [0.05, 0.1) is 13.2 Å². The minimum absolute atomic E-state index is 0.443. The summed E-state index contributed by atoms with van der Waals surface area (Å²) in [5.74, 6) is 0.920. The van der Waals surface area contributed by atoms with E-state index >= 15 is 0 Å². The second-order valence-electron chi connectivity index (χ2n) is 4.45. The zero-order chi connectivity index (χ0) is 13.3. The molecule has 7 heteroatoms. The molecule has 0 bridgehead atoms. The first-order valence-corrected chi connectivity index (χ1v) is 6.28. The molecule has 2 aromatic rings. The Morgan fingerprint density at radius 2 is 2.37 bits per heavy atom. The summed E-state index contributed by atoms with van der Waals surface area (Å²) in [6.07, 6.45) is 2.44. The lowest BCUT2D eigenvalue weighted by Crippen LogP contribution is -2.29. The molecule has 7 nitrogen and oxygen atoms in total. The lowest BCUT2D eigenvalue weighted by atomic mass is 10.0. The number of methoxy groups -OCH3 is 1. The van der Waals surface area contributed by atoms with Crippen LogP contribution in [0.3, 0.4) is 0 Å². The third-order valence-corrected chi connectivity index (χ3v) is 3.43. The van der Waals surface area contributed by atoms with Crippen LogP contribution in [0.5, 0.6) is 0 Å². The fraction of sp³-hybridized carbons (Fsp3) is 0.583. The molecule has 1 aliphatic heterocycles. The minimum atomic E-state index is -0.609. The molecule has 1 fully saturated rings. The molecule has 0 saturated carbocycles. The summed E-state index contributed by atoms with van der Waals surface area (Å²) in [6.45, 7) is 3.84. The molecule has 1 aliphatic rings. The third-order valence-electron chi connectivity index (χ3n) is 3.43. The van der Waals surface area contributed by atoms with Crippen molar-refractivity contribution in [1.82, 2.24) is 20.0 Å². The van der Waals surface area contributed by atoms with Gasteiger partial charge in [-0.3, -0.25) is 4.68 Å². The van der Waals surface area contributed by atoms with E-state index in [1.807, 2.05) is 17.7 Å². The van der Waals surface area contributed by atoms with E-state index in [0.29, 0.717) is 25.0 Å². The number of ether oxygens (including phenoxy) is 2. The van der Waals surface area contributed by atoms with E-state index in [2.05, 4.69) is 15.3 Å². The Bertz CT molecular complexity index is 557. The average Bonchev–Trinajstić information content (AvgIpc) is 3.17. The van der Waals surface area contributed by atoms with E-state index in [-0.39, 0.29) is 0 Å². The molecule has 0 N–H and O–H groups in total. The Balaban J connectivity index is 1.95. The van der Waals surface area contributed by atoms with Crippen molar-refractivity contribution in [2.75, 3.05) is 20.3 Å². The maximum absolute atomic E-state index is 5.76. The molecule has 0 spiro atoms. The smallest absolute Gasteiger partial charge is 0.266 e. The second-order valence-corrected chi connectivity index (χ2v) is 4.45. The molecular formula is C12H16N4O3. The minimum Gasteiger partial charge on any atom is -0.416 e. The van der Waals surface area contributed by atoms with Crippen molar-refractivity contribution < 1.29 is 13.9 Å². The lowest BCUT2D eigenvalue weighted by molar-refractivity contribution is -0.0407. The van der Waals surface area contributed by atoms with Crippen molar-refractivity contribution in [1.29, 1.82) is 0 Å².